The van der Waals surface area contributed by atoms with Gasteiger partial charge in [0.1, 0.15) is 0 Å². The molecular formula is C12H22N4. The number of aryl methyl sites for hydroxylation is 1. The van der Waals surface area contributed by atoms with Gasteiger partial charge in [-0.2, -0.15) is 0 Å². The standard InChI is InChI=1S/C12H22N4/c1-10-8-16(12(13)14-10)11(2)9-15-6-4-3-5-7-15/h8,11H,3-7,9H2,1-2H3,(H2,13,14). The first-order valence-corrected chi connectivity index (χ1v) is 6.20. The zero-order chi connectivity index (χ0) is 11.5. The lowest BCUT2D eigenvalue weighted by atomic mass is 10.1. The molecule has 4 heteroatoms. The molecule has 1 aliphatic rings. The molecule has 1 aromatic heterocycles. The van der Waals surface area contributed by atoms with Gasteiger partial charge in [0.25, 0.3) is 0 Å². The number of nitrogens with two attached hydrogens (primary N) is 1. The second-order valence-electron chi connectivity index (χ2n) is 4.86. The van der Waals surface area contributed by atoms with Gasteiger partial charge in [0, 0.05) is 18.8 Å². The maximum absolute atomic E-state index is 5.88. The number of nitrogen functional groups attached to an aromatic ring is 1. The molecule has 0 saturated carbocycles. The Kier molecular flexibility index (Phi) is 3.49. The number of nitrogens with zero attached hydrogens (tertiary/aromatic N) is 3. The van der Waals surface area contributed by atoms with Gasteiger partial charge in [-0.15, -0.1) is 0 Å². The molecule has 1 aromatic rings. The first kappa shape index (κ1) is 11.5. The van der Waals surface area contributed by atoms with E-state index in [0.717, 1.165) is 12.2 Å². The van der Waals surface area contributed by atoms with E-state index in [2.05, 4.69) is 21.4 Å². The molecule has 90 valence electrons. The van der Waals surface area contributed by atoms with Crippen molar-refractivity contribution in [2.45, 2.75) is 39.2 Å². The van der Waals surface area contributed by atoms with Crippen LogP contribution in [0.1, 0.15) is 37.9 Å². The summed E-state index contributed by atoms with van der Waals surface area (Å²) in [6, 6.07) is 0.416. The third-order valence-electron chi connectivity index (χ3n) is 3.33. The van der Waals surface area contributed by atoms with E-state index in [1.807, 2.05) is 13.1 Å². The molecule has 16 heavy (non-hydrogen) atoms. The number of likely N-dealkylation sites (tertiary alicyclic amines) is 1. The van der Waals surface area contributed by atoms with Crippen LogP contribution in [-0.2, 0) is 0 Å². The molecule has 2 rings (SSSR count). The Morgan fingerprint density at radius 1 is 1.38 bits per heavy atom. The lowest BCUT2D eigenvalue weighted by Crippen LogP contribution is -2.34. The molecule has 2 N–H and O–H groups in total. The van der Waals surface area contributed by atoms with Crippen molar-refractivity contribution in [3.8, 4) is 0 Å². The second-order valence-corrected chi connectivity index (χ2v) is 4.86. The average Bonchev–Trinajstić information content (AvgIpc) is 2.59. The molecule has 2 heterocycles. The van der Waals surface area contributed by atoms with Gasteiger partial charge in [-0.3, -0.25) is 0 Å². The van der Waals surface area contributed by atoms with Crippen LogP contribution in [0.5, 0.6) is 0 Å². The van der Waals surface area contributed by atoms with Crippen LogP contribution < -0.4 is 5.73 Å². The van der Waals surface area contributed by atoms with E-state index in [1.165, 1.54) is 32.4 Å². The van der Waals surface area contributed by atoms with E-state index in [1.54, 1.807) is 0 Å². The van der Waals surface area contributed by atoms with Crippen LogP contribution in [0.2, 0.25) is 0 Å². The van der Waals surface area contributed by atoms with Crippen molar-refractivity contribution in [3.63, 3.8) is 0 Å². The minimum Gasteiger partial charge on any atom is -0.369 e. The summed E-state index contributed by atoms with van der Waals surface area (Å²) in [5.41, 5.74) is 6.88. The van der Waals surface area contributed by atoms with E-state index in [-0.39, 0.29) is 0 Å². The fraction of sp³-hybridized carbons (Fsp3) is 0.750. The smallest absolute Gasteiger partial charge is 0.200 e. The normalized spacial score (nSPS) is 19.9. The Bertz CT molecular complexity index is 339. The Hall–Kier alpha value is -1.03. The first-order valence-electron chi connectivity index (χ1n) is 6.20. The summed E-state index contributed by atoms with van der Waals surface area (Å²) in [7, 11) is 0. The van der Waals surface area contributed by atoms with Gasteiger partial charge in [-0.25, -0.2) is 4.98 Å². The van der Waals surface area contributed by atoms with Crippen molar-refractivity contribution in [2.75, 3.05) is 25.4 Å². The Balaban J connectivity index is 1.96. The highest BCUT2D eigenvalue weighted by molar-refractivity contribution is 5.22. The largest absolute Gasteiger partial charge is 0.369 e. The van der Waals surface area contributed by atoms with Gasteiger partial charge in [0.05, 0.1) is 5.69 Å². The molecule has 0 aromatic carbocycles. The summed E-state index contributed by atoms with van der Waals surface area (Å²) < 4.78 is 2.09. The first-order chi connectivity index (χ1) is 7.66. The SMILES string of the molecule is Cc1cn(C(C)CN2CCCCC2)c(N)n1. The monoisotopic (exact) mass is 222 g/mol. The summed E-state index contributed by atoms with van der Waals surface area (Å²) in [6.45, 7) is 7.75. The van der Waals surface area contributed by atoms with Gasteiger partial charge >= 0.3 is 0 Å². The van der Waals surface area contributed by atoms with Crippen LogP contribution in [0.25, 0.3) is 0 Å². The van der Waals surface area contributed by atoms with Crippen LogP contribution in [0.4, 0.5) is 5.95 Å². The third kappa shape index (κ3) is 2.55. The molecule has 1 atom stereocenters. The fourth-order valence-corrected chi connectivity index (χ4v) is 2.49. The zero-order valence-electron chi connectivity index (χ0n) is 10.3. The minimum absolute atomic E-state index is 0.416. The highest BCUT2D eigenvalue weighted by Crippen LogP contribution is 2.17. The summed E-state index contributed by atoms with van der Waals surface area (Å²) in [6.07, 6.45) is 6.11. The van der Waals surface area contributed by atoms with Crippen LogP contribution >= 0.6 is 0 Å². The van der Waals surface area contributed by atoms with Crippen LogP contribution in [-0.4, -0.2) is 34.1 Å². The number of aromatic nitrogens is 2. The molecule has 1 saturated heterocycles. The second kappa shape index (κ2) is 4.87. The Morgan fingerprint density at radius 3 is 2.62 bits per heavy atom. The van der Waals surface area contributed by atoms with E-state index < -0.39 is 0 Å². The maximum atomic E-state index is 5.88. The van der Waals surface area contributed by atoms with Crippen molar-refractivity contribution < 1.29 is 0 Å². The van der Waals surface area contributed by atoms with Gasteiger partial charge in [0.2, 0.25) is 5.95 Å². The predicted octanol–water partition coefficient (Wildman–Crippen LogP) is 1.82. The molecular weight excluding hydrogens is 200 g/mol. The molecule has 1 unspecified atom stereocenters. The number of hydrogen-bond acceptors (Lipinski definition) is 3. The van der Waals surface area contributed by atoms with Crippen molar-refractivity contribution in [1.29, 1.82) is 0 Å². The van der Waals surface area contributed by atoms with E-state index in [0.29, 0.717) is 12.0 Å². The number of rotatable bonds is 3. The van der Waals surface area contributed by atoms with E-state index in [4.69, 9.17) is 5.73 Å². The number of piperidine rings is 1. The number of anilines is 1. The molecule has 0 bridgehead atoms. The third-order valence-corrected chi connectivity index (χ3v) is 3.33. The quantitative estimate of drug-likeness (QED) is 0.848. The van der Waals surface area contributed by atoms with Gasteiger partial charge in [-0.05, 0) is 39.8 Å². The summed E-state index contributed by atoms with van der Waals surface area (Å²) in [5, 5.41) is 0. The molecule has 0 spiro atoms. The Morgan fingerprint density at radius 2 is 2.06 bits per heavy atom. The van der Waals surface area contributed by atoms with Crippen molar-refractivity contribution in [3.05, 3.63) is 11.9 Å². The summed E-state index contributed by atoms with van der Waals surface area (Å²) >= 11 is 0. The van der Waals surface area contributed by atoms with Gasteiger partial charge < -0.3 is 15.2 Å². The lowest BCUT2D eigenvalue weighted by molar-refractivity contribution is 0.202. The van der Waals surface area contributed by atoms with Crippen molar-refractivity contribution >= 4 is 5.95 Å². The Labute approximate surface area is 97.4 Å². The molecule has 0 radical (unpaired) electrons. The topological polar surface area (TPSA) is 47.1 Å². The van der Waals surface area contributed by atoms with E-state index >= 15 is 0 Å². The maximum Gasteiger partial charge on any atom is 0.200 e. The van der Waals surface area contributed by atoms with Crippen molar-refractivity contribution in [2.24, 2.45) is 0 Å². The van der Waals surface area contributed by atoms with Gasteiger partial charge in [0.15, 0.2) is 0 Å². The highest BCUT2D eigenvalue weighted by atomic mass is 15.2. The molecule has 0 amide bonds. The fourth-order valence-electron chi connectivity index (χ4n) is 2.49. The predicted molar refractivity (Wildman–Crippen MR) is 66.4 cm³/mol. The van der Waals surface area contributed by atoms with Crippen LogP contribution in [0.3, 0.4) is 0 Å². The van der Waals surface area contributed by atoms with Gasteiger partial charge in [-0.1, -0.05) is 6.42 Å². The molecule has 4 nitrogen and oxygen atoms in total. The summed E-state index contributed by atoms with van der Waals surface area (Å²) in [4.78, 5) is 6.78. The van der Waals surface area contributed by atoms with E-state index in [9.17, 15) is 0 Å². The summed E-state index contributed by atoms with van der Waals surface area (Å²) in [5.74, 6) is 0.641. The number of imidazole rings is 1. The minimum atomic E-state index is 0.416. The molecule has 1 aliphatic heterocycles. The highest BCUT2D eigenvalue weighted by Gasteiger charge is 2.16. The van der Waals surface area contributed by atoms with Crippen molar-refractivity contribution in [1.82, 2.24) is 14.5 Å². The average molecular weight is 222 g/mol. The zero-order valence-corrected chi connectivity index (χ0v) is 10.3. The number of hydrogen-bond donors (Lipinski definition) is 1. The van der Waals surface area contributed by atoms with Crippen LogP contribution in [0, 0.1) is 6.92 Å². The molecule has 0 aliphatic carbocycles. The molecule has 1 fully saturated rings. The van der Waals surface area contributed by atoms with Crippen LogP contribution in [0.15, 0.2) is 6.20 Å². The lowest BCUT2D eigenvalue weighted by Gasteiger charge is -2.29.